The van der Waals surface area contributed by atoms with Crippen LogP contribution in [0.1, 0.15) is 30.7 Å². The Balaban J connectivity index is 1.26. The van der Waals surface area contributed by atoms with Gasteiger partial charge in [-0.25, -0.2) is 4.79 Å². The van der Waals surface area contributed by atoms with Crippen LogP contribution in [0.3, 0.4) is 0 Å². The first-order valence-corrected chi connectivity index (χ1v) is 13.6. The normalized spacial score (nSPS) is 25.3. The number of fused-ring (bicyclic) bond motifs is 1. The lowest BCUT2D eigenvalue weighted by atomic mass is 9.75. The summed E-state index contributed by atoms with van der Waals surface area (Å²) < 4.78 is 50.2. The number of anilines is 1. The number of aromatic nitrogens is 3. The second-order valence-corrected chi connectivity index (χ2v) is 11.3. The fraction of sp³-hybridized carbons (Fsp3) is 0.536. The van der Waals surface area contributed by atoms with E-state index in [1.165, 1.54) is 15.9 Å². The van der Waals surface area contributed by atoms with Crippen molar-refractivity contribution in [3.05, 3.63) is 65.4 Å². The highest BCUT2D eigenvalue weighted by Gasteiger charge is 2.50. The number of nitrogens with zero attached hydrogens (tertiary/aromatic N) is 6. The summed E-state index contributed by atoms with van der Waals surface area (Å²) >= 11 is 0. The van der Waals surface area contributed by atoms with Crippen LogP contribution in [-0.4, -0.2) is 93.4 Å². The first kappa shape index (κ1) is 27.0. The Bertz CT molecular complexity index is 1330. The standard InChI is InChI=1S/C28H33F3N6O3/c1-34-18-32-33-25(34)12-27(16-40-17-27)20-4-2-5-21(11-20)36-15-24-23(28(29,30)31)10-19(14-37(24)26(36)39)13-35-8-3-6-22(38)7-9-35/h2,4-5,10-11,14,18,22,24,38H,3,6-9,12-13,15-17H2,1H3. The molecular formula is C28H33F3N6O3. The van der Waals surface area contributed by atoms with Crippen molar-refractivity contribution >= 4 is 11.7 Å². The van der Waals surface area contributed by atoms with Crippen molar-refractivity contribution in [2.45, 2.75) is 49.4 Å². The predicted molar refractivity (Wildman–Crippen MR) is 141 cm³/mol. The van der Waals surface area contributed by atoms with Gasteiger partial charge in [0, 0.05) is 43.9 Å². The van der Waals surface area contributed by atoms with Crippen molar-refractivity contribution in [2.75, 3.05) is 44.3 Å². The van der Waals surface area contributed by atoms with Crippen molar-refractivity contribution in [3.8, 4) is 0 Å². The number of benzene rings is 1. The number of alkyl halides is 3. The Kier molecular flexibility index (Phi) is 6.96. The molecule has 0 spiro atoms. The lowest BCUT2D eigenvalue weighted by Crippen LogP contribution is -2.49. The molecule has 12 heteroatoms. The maximum absolute atomic E-state index is 14.3. The largest absolute Gasteiger partial charge is 0.414 e. The van der Waals surface area contributed by atoms with Gasteiger partial charge in [-0.1, -0.05) is 12.1 Å². The van der Waals surface area contributed by atoms with Crippen LogP contribution in [0.4, 0.5) is 23.7 Å². The molecule has 5 heterocycles. The monoisotopic (exact) mass is 558 g/mol. The number of likely N-dealkylation sites (tertiary alicyclic amines) is 1. The van der Waals surface area contributed by atoms with Crippen LogP contribution in [0, 0.1) is 0 Å². The number of aryl methyl sites for hydroxylation is 1. The number of aliphatic hydroxyl groups excluding tert-OH is 1. The van der Waals surface area contributed by atoms with Crippen molar-refractivity contribution < 1.29 is 27.8 Å². The maximum atomic E-state index is 14.3. The molecule has 1 N–H and O–H groups in total. The zero-order valence-electron chi connectivity index (χ0n) is 22.3. The van der Waals surface area contributed by atoms with E-state index >= 15 is 0 Å². The van der Waals surface area contributed by atoms with Gasteiger partial charge in [0.05, 0.1) is 37.5 Å². The third-order valence-corrected chi connectivity index (χ3v) is 8.50. The average molecular weight is 559 g/mol. The Hall–Kier alpha value is -3.22. The molecule has 2 amide bonds. The third-order valence-electron chi connectivity index (χ3n) is 8.50. The molecule has 2 aromatic rings. The minimum absolute atomic E-state index is 0.0971. The van der Waals surface area contributed by atoms with Gasteiger partial charge >= 0.3 is 12.2 Å². The summed E-state index contributed by atoms with van der Waals surface area (Å²) in [5.74, 6) is 0.805. The van der Waals surface area contributed by atoms with Gasteiger partial charge in [-0.2, -0.15) is 13.2 Å². The lowest BCUT2D eigenvalue weighted by Gasteiger charge is -2.42. The second-order valence-electron chi connectivity index (χ2n) is 11.3. The minimum Gasteiger partial charge on any atom is -0.393 e. The highest BCUT2D eigenvalue weighted by atomic mass is 19.4. The number of carbonyl (C=O) groups is 1. The average Bonchev–Trinajstić information content (AvgIpc) is 3.38. The highest BCUT2D eigenvalue weighted by Crippen LogP contribution is 2.41. The number of halogens is 3. The molecule has 0 aliphatic carbocycles. The molecule has 3 fully saturated rings. The number of rotatable bonds is 6. The molecule has 0 bridgehead atoms. The van der Waals surface area contributed by atoms with Gasteiger partial charge in [-0.15, -0.1) is 10.2 Å². The van der Waals surface area contributed by atoms with Crippen LogP contribution < -0.4 is 4.90 Å². The van der Waals surface area contributed by atoms with Crippen LogP contribution in [0.15, 0.2) is 54.0 Å². The Morgan fingerprint density at radius 1 is 1.20 bits per heavy atom. The number of aliphatic hydroxyl groups is 1. The van der Waals surface area contributed by atoms with Crippen LogP contribution in [0.2, 0.25) is 0 Å². The van der Waals surface area contributed by atoms with Gasteiger partial charge in [0.25, 0.3) is 0 Å². The van der Waals surface area contributed by atoms with E-state index in [-0.39, 0.29) is 18.1 Å². The van der Waals surface area contributed by atoms with Crippen molar-refractivity contribution in [1.29, 1.82) is 0 Å². The van der Waals surface area contributed by atoms with E-state index in [1.807, 2.05) is 34.7 Å². The molecule has 2 unspecified atom stereocenters. The minimum atomic E-state index is -4.57. The van der Waals surface area contributed by atoms with E-state index < -0.39 is 23.8 Å². The van der Waals surface area contributed by atoms with Gasteiger partial charge in [-0.05, 0) is 55.2 Å². The second kappa shape index (κ2) is 10.3. The van der Waals surface area contributed by atoms with Crippen molar-refractivity contribution in [2.24, 2.45) is 7.05 Å². The number of urea groups is 1. The topological polar surface area (TPSA) is 87.0 Å². The molecule has 0 radical (unpaired) electrons. The molecule has 2 atom stereocenters. The van der Waals surface area contributed by atoms with Crippen LogP contribution in [0.25, 0.3) is 0 Å². The Morgan fingerprint density at radius 2 is 2.02 bits per heavy atom. The van der Waals surface area contributed by atoms with Crippen LogP contribution in [0.5, 0.6) is 0 Å². The summed E-state index contributed by atoms with van der Waals surface area (Å²) in [6.07, 6.45) is 2.11. The molecule has 4 aliphatic rings. The van der Waals surface area contributed by atoms with E-state index in [0.717, 1.165) is 17.8 Å². The van der Waals surface area contributed by atoms with E-state index in [0.29, 0.717) is 63.4 Å². The number of hydrogen-bond donors (Lipinski definition) is 1. The van der Waals surface area contributed by atoms with Crippen LogP contribution >= 0.6 is 0 Å². The summed E-state index contributed by atoms with van der Waals surface area (Å²) in [5, 5.41) is 18.1. The number of hydrogen-bond acceptors (Lipinski definition) is 6. The number of amides is 2. The van der Waals surface area contributed by atoms with E-state index in [1.54, 1.807) is 18.6 Å². The van der Waals surface area contributed by atoms with Gasteiger partial charge in [0.15, 0.2) is 0 Å². The third kappa shape index (κ3) is 5.04. The van der Waals surface area contributed by atoms with Gasteiger partial charge in [0.1, 0.15) is 12.2 Å². The Labute approximate surface area is 230 Å². The zero-order chi connectivity index (χ0) is 28.1. The highest BCUT2D eigenvalue weighted by molar-refractivity contribution is 5.96. The first-order valence-electron chi connectivity index (χ1n) is 13.6. The molecule has 0 saturated carbocycles. The van der Waals surface area contributed by atoms with Crippen molar-refractivity contribution in [1.82, 2.24) is 24.6 Å². The zero-order valence-corrected chi connectivity index (χ0v) is 22.3. The lowest BCUT2D eigenvalue weighted by molar-refractivity contribution is -0.0982. The summed E-state index contributed by atoms with van der Waals surface area (Å²) in [6, 6.07) is 5.85. The van der Waals surface area contributed by atoms with E-state index in [2.05, 4.69) is 10.2 Å². The molecule has 214 valence electrons. The fourth-order valence-electron chi connectivity index (χ4n) is 6.14. The smallest absolute Gasteiger partial charge is 0.393 e. The molecule has 3 saturated heterocycles. The summed E-state index contributed by atoms with van der Waals surface area (Å²) in [5.41, 5.74) is 0.885. The number of carbonyl (C=O) groups excluding carboxylic acids is 1. The van der Waals surface area contributed by atoms with Gasteiger partial charge in [0.2, 0.25) is 0 Å². The SMILES string of the molecule is Cn1cnnc1CC1(c2cccc(N3CC4C(C(F)(F)F)=CC(CN5CCCC(O)CC5)=CN4C3=O)c2)COC1. The number of ether oxygens (including phenoxy) is 1. The molecule has 1 aromatic heterocycles. The van der Waals surface area contributed by atoms with E-state index in [9.17, 15) is 23.1 Å². The molecule has 40 heavy (non-hydrogen) atoms. The summed E-state index contributed by atoms with van der Waals surface area (Å²) in [6.45, 7) is 2.45. The van der Waals surface area contributed by atoms with Crippen molar-refractivity contribution in [3.63, 3.8) is 0 Å². The van der Waals surface area contributed by atoms with Crippen LogP contribution in [-0.2, 0) is 23.6 Å². The summed E-state index contributed by atoms with van der Waals surface area (Å²) in [7, 11) is 1.88. The predicted octanol–water partition coefficient (Wildman–Crippen LogP) is 3.17. The first-order chi connectivity index (χ1) is 19.1. The molecule has 4 aliphatic heterocycles. The molecule has 6 rings (SSSR count). The quantitative estimate of drug-likeness (QED) is 0.586. The maximum Gasteiger partial charge on any atom is 0.414 e. The van der Waals surface area contributed by atoms with E-state index in [4.69, 9.17) is 4.74 Å². The molecule has 9 nitrogen and oxygen atoms in total. The molecule has 1 aromatic carbocycles. The van der Waals surface area contributed by atoms with Gasteiger partial charge in [-0.3, -0.25) is 14.7 Å². The van der Waals surface area contributed by atoms with Gasteiger partial charge < -0.3 is 14.4 Å². The Morgan fingerprint density at radius 3 is 2.73 bits per heavy atom. The summed E-state index contributed by atoms with van der Waals surface area (Å²) in [4.78, 5) is 18.3. The fourth-order valence-corrected chi connectivity index (χ4v) is 6.14. The molecular weight excluding hydrogens is 525 g/mol.